The van der Waals surface area contributed by atoms with E-state index in [1.165, 1.54) is 24.8 Å². The molecule has 1 fully saturated rings. The molecule has 1 atom stereocenters. The quantitative estimate of drug-likeness (QED) is 0.788. The molecule has 1 unspecified atom stereocenters. The summed E-state index contributed by atoms with van der Waals surface area (Å²) in [7, 11) is -2.30. The van der Waals surface area contributed by atoms with E-state index in [2.05, 4.69) is 10.8 Å². The Bertz CT molecular complexity index is 1030. The summed E-state index contributed by atoms with van der Waals surface area (Å²) in [6.07, 6.45) is 5.70. The fourth-order valence-electron chi connectivity index (χ4n) is 4.42. The molecular formula is C23H28N2O4S. The third-order valence-corrected chi connectivity index (χ3v) is 7.49. The predicted molar refractivity (Wildman–Crippen MR) is 115 cm³/mol. The van der Waals surface area contributed by atoms with Crippen LogP contribution in [-0.4, -0.2) is 39.4 Å². The van der Waals surface area contributed by atoms with Gasteiger partial charge in [0, 0.05) is 19.1 Å². The number of benzene rings is 2. The highest BCUT2D eigenvalue weighted by molar-refractivity contribution is 7.89. The minimum absolute atomic E-state index is 0.0896. The number of nitrogens with one attached hydrogen (secondary N) is 1. The summed E-state index contributed by atoms with van der Waals surface area (Å²) >= 11 is 0. The molecule has 4 rings (SSSR count). The number of fused-ring (bicyclic) bond motifs is 1. The zero-order valence-electron chi connectivity index (χ0n) is 17.3. The number of carbonyl (C=O) groups is 1. The van der Waals surface area contributed by atoms with Crippen molar-refractivity contribution in [3.8, 4) is 5.75 Å². The number of nitrogens with zero attached hydrogens (tertiary/aromatic N) is 1. The van der Waals surface area contributed by atoms with Gasteiger partial charge in [0.25, 0.3) is 5.91 Å². The Morgan fingerprint density at radius 2 is 1.83 bits per heavy atom. The van der Waals surface area contributed by atoms with Crippen LogP contribution in [0.15, 0.2) is 47.4 Å². The van der Waals surface area contributed by atoms with Crippen LogP contribution in [0, 0.1) is 0 Å². The number of amides is 1. The zero-order valence-corrected chi connectivity index (χ0v) is 18.1. The minimum atomic E-state index is -3.79. The van der Waals surface area contributed by atoms with Gasteiger partial charge in [-0.3, -0.25) is 4.79 Å². The lowest BCUT2D eigenvalue weighted by molar-refractivity contribution is 0.0720. The number of ether oxygens (including phenoxy) is 1. The van der Waals surface area contributed by atoms with Crippen molar-refractivity contribution < 1.29 is 17.9 Å². The van der Waals surface area contributed by atoms with E-state index in [0.29, 0.717) is 24.4 Å². The molecule has 0 bridgehead atoms. The zero-order chi connectivity index (χ0) is 21.1. The van der Waals surface area contributed by atoms with E-state index in [1.807, 2.05) is 18.2 Å². The standard InChI is InChI=1S/C23H28N2O4S/c1-29-22-13-12-18(16-20(22)23(26)25-14-5-2-6-15-25)30(27,28)24-21-11-7-9-17-8-3-4-10-19(17)21/h3-4,8,10,12-13,16,21,24H,2,5-7,9,11,14-15H2,1H3. The van der Waals surface area contributed by atoms with E-state index < -0.39 is 10.0 Å². The van der Waals surface area contributed by atoms with Crippen LogP contribution in [0.1, 0.15) is 59.6 Å². The molecular weight excluding hydrogens is 400 g/mol. The molecule has 2 aliphatic rings. The van der Waals surface area contributed by atoms with Crippen molar-refractivity contribution in [1.29, 1.82) is 0 Å². The number of rotatable bonds is 5. The van der Waals surface area contributed by atoms with Gasteiger partial charge in [-0.1, -0.05) is 24.3 Å². The van der Waals surface area contributed by atoms with E-state index in [4.69, 9.17) is 4.74 Å². The van der Waals surface area contributed by atoms with Gasteiger partial charge in [-0.2, -0.15) is 0 Å². The van der Waals surface area contributed by atoms with Gasteiger partial charge in [0.05, 0.1) is 17.6 Å². The first-order valence-electron chi connectivity index (χ1n) is 10.6. The first-order chi connectivity index (χ1) is 14.5. The molecule has 7 heteroatoms. The van der Waals surface area contributed by atoms with Crippen LogP contribution in [0.3, 0.4) is 0 Å². The van der Waals surface area contributed by atoms with Crippen molar-refractivity contribution in [2.45, 2.75) is 49.5 Å². The van der Waals surface area contributed by atoms with Crippen LogP contribution in [-0.2, 0) is 16.4 Å². The van der Waals surface area contributed by atoms with E-state index >= 15 is 0 Å². The number of sulfonamides is 1. The first-order valence-corrected chi connectivity index (χ1v) is 12.1. The Kier molecular flexibility index (Phi) is 6.11. The average Bonchev–Trinajstić information content (AvgIpc) is 2.79. The van der Waals surface area contributed by atoms with Gasteiger partial charge in [-0.15, -0.1) is 0 Å². The summed E-state index contributed by atoms with van der Waals surface area (Å²) in [6.45, 7) is 1.38. The van der Waals surface area contributed by atoms with Crippen LogP contribution in [0.5, 0.6) is 5.75 Å². The van der Waals surface area contributed by atoms with Gasteiger partial charge in [-0.25, -0.2) is 13.1 Å². The summed E-state index contributed by atoms with van der Waals surface area (Å²) in [5.41, 5.74) is 2.52. The molecule has 0 aromatic heterocycles. The van der Waals surface area contributed by atoms with Crippen LogP contribution < -0.4 is 9.46 Å². The molecule has 0 radical (unpaired) electrons. The molecule has 160 valence electrons. The Labute approximate surface area is 178 Å². The van der Waals surface area contributed by atoms with E-state index in [-0.39, 0.29) is 16.8 Å². The van der Waals surface area contributed by atoms with Gasteiger partial charge in [-0.05, 0) is 67.9 Å². The Morgan fingerprint density at radius 3 is 2.60 bits per heavy atom. The highest BCUT2D eigenvalue weighted by Gasteiger charge is 2.28. The molecule has 2 aromatic carbocycles. The van der Waals surface area contributed by atoms with Gasteiger partial charge >= 0.3 is 0 Å². The fourth-order valence-corrected chi connectivity index (χ4v) is 5.70. The van der Waals surface area contributed by atoms with E-state index in [0.717, 1.165) is 44.1 Å². The molecule has 1 amide bonds. The normalized spacial score (nSPS) is 19.2. The minimum Gasteiger partial charge on any atom is -0.496 e. The molecule has 1 heterocycles. The average molecular weight is 429 g/mol. The van der Waals surface area contributed by atoms with Crippen LogP contribution in [0.4, 0.5) is 0 Å². The number of aryl methyl sites for hydroxylation is 1. The largest absolute Gasteiger partial charge is 0.496 e. The summed E-state index contributed by atoms with van der Waals surface area (Å²) in [5.74, 6) is 0.221. The number of hydrogen-bond donors (Lipinski definition) is 1. The molecule has 0 spiro atoms. The topological polar surface area (TPSA) is 75.7 Å². The molecule has 1 aliphatic carbocycles. The van der Waals surface area contributed by atoms with Crippen molar-refractivity contribution in [1.82, 2.24) is 9.62 Å². The number of methoxy groups -OCH3 is 1. The maximum Gasteiger partial charge on any atom is 0.257 e. The molecule has 1 aliphatic heterocycles. The van der Waals surface area contributed by atoms with Crippen LogP contribution >= 0.6 is 0 Å². The van der Waals surface area contributed by atoms with Crippen LogP contribution in [0.2, 0.25) is 0 Å². The number of carbonyl (C=O) groups excluding carboxylic acids is 1. The second kappa shape index (κ2) is 8.78. The Hall–Kier alpha value is -2.38. The van der Waals surface area contributed by atoms with Crippen molar-refractivity contribution >= 4 is 15.9 Å². The van der Waals surface area contributed by atoms with Crippen molar-refractivity contribution in [3.05, 3.63) is 59.2 Å². The lowest BCUT2D eigenvalue weighted by atomic mass is 9.88. The third kappa shape index (κ3) is 4.23. The van der Waals surface area contributed by atoms with Crippen molar-refractivity contribution in [3.63, 3.8) is 0 Å². The van der Waals surface area contributed by atoms with E-state index in [1.54, 1.807) is 11.0 Å². The second-order valence-electron chi connectivity index (χ2n) is 7.98. The van der Waals surface area contributed by atoms with Gasteiger partial charge in [0.2, 0.25) is 10.0 Å². The molecule has 2 aromatic rings. The van der Waals surface area contributed by atoms with Gasteiger partial charge in [0.1, 0.15) is 5.75 Å². The Morgan fingerprint density at radius 1 is 1.07 bits per heavy atom. The maximum absolute atomic E-state index is 13.2. The molecule has 1 N–H and O–H groups in total. The third-order valence-electron chi connectivity index (χ3n) is 6.02. The summed E-state index contributed by atoms with van der Waals surface area (Å²) in [4.78, 5) is 14.9. The maximum atomic E-state index is 13.2. The molecule has 6 nitrogen and oxygen atoms in total. The lowest BCUT2D eigenvalue weighted by Gasteiger charge is -2.28. The highest BCUT2D eigenvalue weighted by Crippen LogP contribution is 2.32. The first kappa shape index (κ1) is 20.9. The molecule has 0 saturated carbocycles. The number of piperidine rings is 1. The smallest absolute Gasteiger partial charge is 0.257 e. The Balaban J connectivity index is 1.62. The number of likely N-dealkylation sites (tertiary alicyclic amines) is 1. The van der Waals surface area contributed by atoms with Crippen molar-refractivity contribution in [2.24, 2.45) is 0 Å². The predicted octanol–water partition coefficient (Wildman–Crippen LogP) is 3.68. The van der Waals surface area contributed by atoms with Crippen molar-refractivity contribution in [2.75, 3.05) is 20.2 Å². The summed E-state index contributed by atoms with van der Waals surface area (Å²) in [6, 6.07) is 12.2. The van der Waals surface area contributed by atoms with Crippen LogP contribution in [0.25, 0.3) is 0 Å². The number of hydrogen-bond acceptors (Lipinski definition) is 4. The molecule has 30 heavy (non-hydrogen) atoms. The summed E-state index contributed by atoms with van der Waals surface area (Å²) < 4.78 is 34.6. The highest BCUT2D eigenvalue weighted by atomic mass is 32.2. The summed E-state index contributed by atoms with van der Waals surface area (Å²) in [5, 5.41) is 0. The second-order valence-corrected chi connectivity index (χ2v) is 9.69. The molecule has 1 saturated heterocycles. The fraction of sp³-hybridized carbons (Fsp3) is 0.435. The monoisotopic (exact) mass is 428 g/mol. The van der Waals surface area contributed by atoms with Gasteiger partial charge in [0.15, 0.2) is 0 Å². The van der Waals surface area contributed by atoms with E-state index in [9.17, 15) is 13.2 Å². The lowest BCUT2D eigenvalue weighted by Crippen LogP contribution is -2.36. The SMILES string of the molecule is COc1ccc(S(=O)(=O)NC2CCCc3ccccc32)cc1C(=O)N1CCCCC1. The van der Waals surface area contributed by atoms with Gasteiger partial charge < -0.3 is 9.64 Å².